The van der Waals surface area contributed by atoms with Crippen LogP contribution >= 0.6 is 0 Å². The molecule has 0 aromatic carbocycles. The van der Waals surface area contributed by atoms with Gasteiger partial charge < -0.3 is 4.43 Å². The van der Waals surface area contributed by atoms with Crippen LogP contribution < -0.4 is 0 Å². The van der Waals surface area contributed by atoms with Gasteiger partial charge in [-0.1, -0.05) is 73.8 Å². The Bertz CT molecular complexity index is 289. The standard InChI is InChI=1S/C17H34O2Si/c1-8-11-12-16(9-2)13-20(14(4)5,15(6)7)19-17(18)10-3/h10,14-16H,3,8-9,11-13H2,1-2,4-7H3. The highest BCUT2D eigenvalue weighted by Crippen LogP contribution is 2.41. The quantitative estimate of drug-likeness (QED) is 0.382. The summed E-state index contributed by atoms with van der Waals surface area (Å²) in [7, 11) is -2.09. The molecule has 1 unspecified atom stereocenters. The Kier molecular flexibility index (Phi) is 9.11. The number of rotatable bonds is 10. The third kappa shape index (κ3) is 5.43. The van der Waals surface area contributed by atoms with Gasteiger partial charge in [-0.3, -0.25) is 0 Å². The number of unbranched alkanes of at least 4 members (excludes halogenated alkanes) is 1. The molecule has 0 aliphatic rings. The first kappa shape index (κ1) is 19.4. The molecule has 0 amide bonds. The third-order valence-electron chi connectivity index (χ3n) is 4.56. The van der Waals surface area contributed by atoms with E-state index in [2.05, 4.69) is 48.1 Å². The van der Waals surface area contributed by atoms with Gasteiger partial charge in [-0.15, -0.1) is 0 Å². The molecule has 0 aromatic heterocycles. The molecule has 3 heteroatoms. The molecule has 20 heavy (non-hydrogen) atoms. The fourth-order valence-electron chi connectivity index (χ4n) is 3.04. The van der Waals surface area contributed by atoms with Crippen molar-refractivity contribution in [2.45, 2.75) is 84.4 Å². The van der Waals surface area contributed by atoms with E-state index in [1.807, 2.05) is 0 Å². The molecule has 0 heterocycles. The zero-order chi connectivity index (χ0) is 15.8. The van der Waals surface area contributed by atoms with E-state index in [0.29, 0.717) is 17.0 Å². The van der Waals surface area contributed by atoms with E-state index in [1.54, 1.807) is 0 Å². The molecule has 1 atom stereocenters. The summed E-state index contributed by atoms with van der Waals surface area (Å²) in [5, 5.41) is 0. The molecule has 0 N–H and O–H groups in total. The summed E-state index contributed by atoms with van der Waals surface area (Å²) in [4.78, 5) is 11.8. The van der Waals surface area contributed by atoms with Gasteiger partial charge in [0.1, 0.15) is 0 Å². The highest BCUT2D eigenvalue weighted by molar-refractivity contribution is 6.77. The minimum Gasteiger partial charge on any atom is -0.515 e. The van der Waals surface area contributed by atoms with Crippen LogP contribution in [-0.4, -0.2) is 14.3 Å². The van der Waals surface area contributed by atoms with Gasteiger partial charge in [0.05, 0.1) is 0 Å². The smallest absolute Gasteiger partial charge is 0.316 e. The normalized spacial score (nSPS) is 13.6. The zero-order valence-electron chi connectivity index (χ0n) is 14.4. The number of carbonyl (C=O) groups is 1. The van der Waals surface area contributed by atoms with Crippen LogP contribution in [0.4, 0.5) is 0 Å². The minimum absolute atomic E-state index is 0.232. The molecule has 0 bridgehead atoms. The number of hydrogen-bond acceptors (Lipinski definition) is 2. The highest BCUT2D eigenvalue weighted by Gasteiger charge is 2.46. The molecular weight excluding hydrogens is 264 g/mol. The Morgan fingerprint density at radius 1 is 1.20 bits per heavy atom. The first-order valence-corrected chi connectivity index (χ1v) is 10.5. The zero-order valence-corrected chi connectivity index (χ0v) is 15.4. The van der Waals surface area contributed by atoms with Crippen molar-refractivity contribution in [2.24, 2.45) is 5.92 Å². The van der Waals surface area contributed by atoms with E-state index >= 15 is 0 Å². The van der Waals surface area contributed by atoms with Gasteiger partial charge in [-0.05, 0) is 23.0 Å². The molecule has 0 spiro atoms. The molecule has 0 aromatic rings. The topological polar surface area (TPSA) is 26.3 Å². The van der Waals surface area contributed by atoms with Crippen molar-refractivity contribution in [1.82, 2.24) is 0 Å². The molecule has 0 saturated heterocycles. The van der Waals surface area contributed by atoms with E-state index in [-0.39, 0.29) is 5.97 Å². The molecule has 0 radical (unpaired) electrons. The van der Waals surface area contributed by atoms with Gasteiger partial charge in [-0.2, -0.15) is 0 Å². The highest BCUT2D eigenvalue weighted by atomic mass is 28.4. The van der Waals surface area contributed by atoms with Gasteiger partial charge in [0.2, 0.25) is 0 Å². The van der Waals surface area contributed by atoms with E-state index < -0.39 is 8.32 Å². The van der Waals surface area contributed by atoms with Gasteiger partial charge in [0.15, 0.2) is 0 Å². The maximum atomic E-state index is 11.8. The van der Waals surface area contributed by atoms with Crippen molar-refractivity contribution in [1.29, 1.82) is 0 Å². The second-order valence-electron chi connectivity index (χ2n) is 6.51. The van der Waals surface area contributed by atoms with E-state index in [1.165, 1.54) is 31.8 Å². The monoisotopic (exact) mass is 298 g/mol. The van der Waals surface area contributed by atoms with E-state index in [9.17, 15) is 4.79 Å². The summed E-state index contributed by atoms with van der Waals surface area (Å²) >= 11 is 0. The second kappa shape index (κ2) is 9.38. The summed E-state index contributed by atoms with van der Waals surface area (Å²) in [6, 6.07) is 1.10. The molecule has 0 saturated carbocycles. The lowest BCUT2D eigenvalue weighted by atomic mass is 10.0. The third-order valence-corrected chi connectivity index (χ3v) is 10.3. The SMILES string of the molecule is C=CC(=O)O[Si](CC(CC)CCCC)(C(C)C)C(C)C. The van der Waals surface area contributed by atoms with Gasteiger partial charge in [0.25, 0.3) is 8.32 Å². The van der Waals surface area contributed by atoms with Crippen molar-refractivity contribution in [3.05, 3.63) is 12.7 Å². The van der Waals surface area contributed by atoms with Gasteiger partial charge >= 0.3 is 5.97 Å². The van der Waals surface area contributed by atoms with Crippen molar-refractivity contribution in [3.8, 4) is 0 Å². The summed E-state index contributed by atoms with van der Waals surface area (Å²) < 4.78 is 6.00. The number of hydrogen-bond donors (Lipinski definition) is 0. The predicted molar refractivity (Wildman–Crippen MR) is 90.4 cm³/mol. The van der Waals surface area contributed by atoms with Crippen molar-refractivity contribution in [2.75, 3.05) is 0 Å². The molecule has 2 nitrogen and oxygen atoms in total. The molecule has 0 rings (SSSR count). The van der Waals surface area contributed by atoms with Crippen LogP contribution in [-0.2, 0) is 9.22 Å². The summed E-state index contributed by atoms with van der Waals surface area (Å²) in [6.45, 7) is 16.9. The molecule has 0 aliphatic carbocycles. The molecule has 0 aliphatic heterocycles. The fraction of sp³-hybridized carbons (Fsp3) is 0.824. The maximum absolute atomic E-state index is 11.8. The van der Waals surface area contributed by atoms with Crippen LogP contribution in [0.15, 0.2) is 12.7 Å². The maximum Gasteiger partial charge on any atom is 0.316 e. The lowest BCUT2D eigenvalue weighted by Crippen LogP contribution is -2.47. The van der Waals surface area contributed by atoms with E-state index in [0.717, 1.165) is 6.04 Å². The Morgan fingerprint density at radius 2 is 1.75 bits per heavy atom. The van der Waals surface area contributed by atoms with E-state index in [4.69, 9.17) is 4.43 Å². The summed E-state index contributed by atoms with van der Waals surface area (Å²) in [5.74, 6) is 0.452. The van der Waals surface area contributed by atoms with Crippen LogP contribution in [0.1, 0.15) is 67.2 Å². The van der Waals surface area contributed by atoms with Crippen molar-refractivity contribution < 1.29 is 9.22 Å². The Hall–Kier alpha value is -0.573. The van der Waals surface area contributed by atoms with Crippen LogP contribution in [0, 0.1) is 5.92 Å². The summed E-state index contributed by atoms with van der Waals surface area (Å²) in [6.07, 6.45) is 6.27. The first-order valence-electron chi connectivity index (χ1n) is 8.19. The van der Waals surface area contributed by atoms with Crippen molar-refractivity contribution >= 4 is 14.3 Å². The average molecular weight is 299 g/mol. The fourth-order valence-corrected chi connectivity index (χ4v) is 7.72. The Morgan fingerprint density at radius 3 is 2.10 bits per heavy atom. The largest absolute Gasteiger partial charge is 0.515 e. The molecule has 0 fully saturated rings. The lowest BCUT2D eigenvalue weighted by molar-refractivity contribution is -0.130. The lowest BCUT2D eigenvalue weighted by Gasteiger charge is -2.40. The van der Waals surface area contributed by atoms with Gasteiger partial charge in [0, 0.05) is 6.08 Å². The van der Waals surface area contributed by atoms with Crippen LogP contribution in [0.2, 0.25) is 17.1 Å². The molecular formula is C17H34O2Si. The van der Waals surface area contributed by atoms with Crippen LogP contribution in [0.3, 0.4) is 0 Å². The first-order chi connectivity index (χ1) is 9.33. The van der Waals surface area contributed by atoms with Crippen LogP contribution in [0.25, 0.3) is 0 Å². The Labute approximate surface area is 127 Å². The average Bonchev–Trinajstić information content (AvgIpc) is 2.41. The van der Waals surface area contributed by atoms with Crippen molar-refractivity contribution in [3.63, 3.8) is 0 Å². The van der Waals surface area contributed by atoms with Gasteiger partial charge in [-0.25, -0.2) is 4.79 Å². The summed E-state index contributed by atoms with van der Waals surface area (Å²) in [5.41, 5.74) is 0.893. The predicted octanol–water partition coefficient (Wildman–Crippen LogP) is 5.70. The van der Waals surface area contributed by atoms with Crippen LogP contribution in [0.5, 0.6) is 0 Å². The second-order valence-corrected chi connectivity index (χ2v) is 11.3. The Balaban J connectivity index is 5.16. The number of carbonyl (C=O) groups excluding carboxylic acids is 1. The molecule has 118 valence electrons. The minimum atomic E-state index is -2.09.